The van der Waals surface area contributed by atoms with E-state index in [4.69, 9.17) is 34.8 Å². The van der Waals surface area contributed by atoms with Gasteiger partial charge in [-0.25, -0.2) is 4.98 Å². The normalized spacial score (nSPS) is 12.8. The Hall–Kier alpha value is -1.22. The fraction of sp³-hybridized carbons (Fsp3) is 0.188. The first kappa shape index (κ1) is 14.7. The topological polar surface area (TPSA) is 17.8 Å². The third-order valence-corrected chi connectivity index (χ3v) is 4.27. The lowest BCUT2D eigenvalue weighted by molar-refractivity contribution is 0.634. The predicted molar refractivity (Wildman–Crippen MR) is 89.6 cm³/mol. The molecule has 0 bridgehead atoms. The van der Waals surface area contributed by atoms with Gasteiger partial charge >= 0.3 is 0 Å². The molecule has 0 fully saturated rings. The second kappa shape index (κ2) is 5.88. The minimum atomic E-state index is 0.0867. The number of rotatable bonds is 3. The molecule has 1 unspecified atom stereocenters. The number of benzene rings is 2. The summed E-state index contributed by atoms with van der Waals surface area (Å²) in [6, 6.07) is 13.6. The highest BCUT2D eigenvalue weighted by molar-refractivity contribution is 6.31. The largest absolute Gasteiger partial charge is 0.320 e. The molecule has 1 atom stereocenters. The van der Waals surface area contributed by atoms with Gasteiger partial charge in [0.25, 0.3) is 0 Å². The van der Waals surface area contributed by atoms with Gasteiger partial charge in [-0.3, -0.25) is 0 Å². The van der Waals surface area contributed by atoms with Gasteiger partial charge in [-0.1, -0.05) is 35.3 Å². The maximum Gasteiger partial charge on any atom is 0.125 e. The number of fused-ring (bicyclic) bond motifs is 1. The van der Waals surface area contributed by atoms with Gasteiger partial charge in [-0.05, 0) is 42.8 Å². The van der Waals surface area contributed by atoms with Crippen molar-refractivity contribution in [1.29, 1.82) is 0 Å². The molecule has 1 aromatic heterocycles. The van der Waals surface area contributed by atoms with E-state index in [1.165, 1.54) is 0 Å². The highest BCUT2D eigenvalue weighted by Crippen LogP contribution is 2.29. The van der Waals surface area contributed by atoms with E-state index < -0.39 is 0 Å². The summed E-state index contributed by atoms with van der Waals surface area (Å²) in [6.07, 6.45) is 0. The van der Waals surface area contributed by atoms with Crippen molar-refractivity contribution in [1.82, 2.24) is 9.55 Å². The highest BCUT2D eigenvalue weighted by atomic mass is 35.5. The molecular formula is C16H13Cl3N2. The lowest BCUT2D eigenvalue weighted by Gasteiger charge is -2.17. The van der Waals surface area contributed by atoms with Crippen molar-refractivity contribution in [3.05, 3.63) is 63.9 Å². The zero-order valence-corrected chi connectivity index (χ0v) is 13.6. The van der Waals surface area contributed by atoms with E-state index in [-0.39, 0.29) is 6.04 Å². The third-order valence-electron chi connectivity index (χ3n) is 3.56. The van der Waals surface area contributed by atoms with Gasteiger partial charge in [0.2, 0.25) is 0 Å². The Morgan fingerprint density at radius 1 is 1.10 bits per heavy atom. The maximum absolute atomic E-state index is 6.09. The Kier molecular flexibility index (Phi) is 4.12. The highest BCUT2D eigenvalue weighted by Gasteiger charge is 2.17. The van der Waals surface area contributed by atoms with Crippen LogP contribution in [-0.2, 0) is 5.88 Å². The van der Waals surface area contributed by atoms with Crippen LogP contribution in [0.3, 0.4) is 0 Å². The van der Waals surface area contributed by atoms with Crippen molar-refractivity contribution >= 4 is 45.8 Å². The summed E-state index contributed by atoms with van der Waals surface area (Å²) in [5.41, 5.74) is 2.98. The molecule has 0 aliphatic carbocycles. The number of imidazole rings is 1. The zero-order valence-electron chi connectivity index (χ0n) is 11.4. The molecule has 0 saturated heterocycles. The Bertz CT molecular complexity index is 795. The van der Waals surface area contributed by atoms with Gasteiger partial charge in [-0.2, -0.15) is 0 Å². The van der Waals surface area contributed by atoms with Crippen molar-refractivity contribution in [2.45, 2.75) is 18.8 Å². The molecule has 2 nitrogen and oxygen atoms in total. The first-order valence-electron chi connectivity index (χ1n) is 6.58. The molecular weight excluding hydrogens is 327 g/mol. The SMILES string of the molecule is CC(c1cccc(Cl)c1)n1c(CCl)nc2cc(Cl)ccc21. The number of nitrogens with zero attached hydrogens (tertiary/aromatic N) is 2. The van der Waals surface area contributed by atoms with Gasteiger partial charge in [0, 0.05) is 10.0 Å². The molecule has 0 spiro atoms. The number of aromatic nitrogens is 2. The molecule has 2 aromatic carbocycles. The number of hydrogen-bond acceptors (Lipinski definition) is 1. The molecule has 0 aliphatic rings. The minimum absolute atomic E-state index is 0.0867. The van der Waals surface area contributed by atoms with Gasteiger partial charge in [0.15, 0.2) is 0 Å². The fourth-order valence-electron chi connectivity index (χ4n) is 2.56. The Morgan fingerprint density at radius 2 is 1.86 bits per heavy atom. The van der Waals surface area contributed by atoms with Crippen molar-refractivity contribution < 1.29 is 0 Å². The van der Waals surface area contributed by atoms with E-state index in [9.17, 15) is 0 Å². The van der Waals surface area contributed by atoms with E-state index in [0.717, 1.165) is 27.4 Å². The summed E-state index contributed by atoms with van der Waals surface area (Å²) in [7, 11) is 0. The average Bonchev–Trinajstić information content (AvgIpc) is 2.83. The summed E-state index contributed by atoms with van der Waals surface area (Å²) in [5, 5.41) is 1.39. The molecule has 0 aliphatic heterocycles. The third kappa shape index (κ3) is 2.76. The molecule has 0 N–H and O–H groups in total. The molecule has 1 heterocycles. The smallest absolute Gasteiger partial charge is 0.125 e. The van der Waals surface area contributed by atoms with Crippen LogP contribution < -0.4 is 0 Å². The van der Waals surface area contributed by atoms with E-state index >= 15 is 0 Å². The number of alkyl halides is 1. The van der Waals surface area contributed by atoms with Crippen LogP contribution in [0.1, 0.15) is 24.4 Å². The van der Waals surface area contributed by atoms with Crippen molar-refractivity contribution in [3.63, 3.8) is 0 Å². The Labute approximate surface area is 138 Å². The summed E-state index contributed by atoms with van der Waals surface area (Å²) in [6.45, 7) is 2.11. The van der Waals surface area contributed by atoms with Gasteiger partial charge in [0.05, 0.1) is 23.0 Å². The quantitative estimate of drug-likeness (QED) is 0.560. The van der Waals surface area contributed by atoms with Crippen LogP contribution in [0, 0.1) is 0 Å². The lowest BCUT2D eigenvalue weighted by atomic mass is 10.1. The monoisotopic (exact) mass is 338 g/mol. The molecule has 21 heavy (non-hydrogen) atoms. The van der Waals surface area contributed by atoms with E-state index in [1.807, 2.05) is 36.4 Å². The van der Waals surface area contributed by atoms with Crippen LogP contribution in [0.2, 0.25) is 10.0 Å². The predicted octanol–water partition coefficient (Wildman–Crippen LogP) is 5.69. The summed E-state index contributed by atoms with van der Waals surface area (Å²) in [4.78, 5) is 4.57. The lowest BCUT2D eigenvalue weighted by Crippen LogP contribution is -2.09. The Balaban J connectivity index is 2.18. The van der Waals surface area contributed by atoms with Crippen LogP contribution in [0.15, 0.2) is 42.5 Å². The molecule has 3 rings (SSSR count). The molecule has 0 amide bonds. The number of hydrogen-bond donors (Lipinski definition) is 0. The van der Waals surface area contributed by atoms with Crippen LogP contribution in [0.25, 0.3) is 11.0 Å². The molecule has 0 radical (unpaired) electrons. The second-order valence-electron chi connectivity index (χ2n) is 4.90. The fourth-order valence-corrected chi connectivity index (χ4v) is 3.12. The molecule has 3 aromatic rings. The summed E-state index contributed by atoms with van der Waals surface area (Å²) >= 11 is 18.2. The minimum Gasteiger partial charge on any atom is -0.320 e. The van der Waals surface area contributed by atoms with Crippen LogP contribution in [-0.4, -0.2) is 9.55 Å². The summed E-state index contributed by atoms with van der Waals surface area (Å²) < 4.78 is 2.13. The van der Waals surface area contributed by atoms with Gasteiger partial charge < -0.3 is 4.57 Å². The van der Waals surface area contributed by atoms with E-state index in [1.54, 1.807) is 0 Å². The van der Waals surface area contributed by atoms with Crippen LogP contribution >= 0.6 is 34.8 Å². The van der Waals surface area contributed by atoms with Crippen molar-refractivity contribution in [2.75, 3.05) is 0 Å². The molecule has 5 heteroatoms. The van der Waals surface area contributed by atoms with Crippen LogP contribution in [0.5, 0.6) is 0 Å². The van der Waals surface area contributed by atoms with Gasteiger partial charge in [0.1, 0.15) is 5.82 Å². The molecule has 0 saturated carbocycles. The first-order valence-corrected chi connectivity index (χ1v) is 7.87. The van der Waals surface area contributed by atoms with E-state index in [2.05, 4.69) is 22.5 Å². The second-order valence-corrected chi connectivity index (χ2v) is 6.04. The van der Waals surface area contributed by atoms with Gasteiger partial charge in [-0.15, -0.1) is 11.6 Å². The number of halogens is 3. The first-order chi connectivity index (χ1) is 10.1. The van der Waals surface area contributed by atoms with Crippen molar-refractivity contribution in [3.8, 4) is 0 Å². The standard InChI is InChI=1S/C16H13Cl3N2/c1-10(11-3-2-4-12(18)7-11)21-15-6-5-13(19)8-14(15)20-16(21)9-17/h2-8,10H,9H2,1H3. The molecule has 108 valence electrons. The van der Waals surface area contributed by atoms with Crippen molar-refractivity contribution in [2.24, 2.45) is 0 Å². The zero-order chi connectivity index (χ0) is 15.0. The average molecular weight is 340 g/mol. The summed E-state index contributed by atoms with van der Waals surface area (Å²) in [5.74, 6) is 1.17. The van der Waals surface area contributed by atoms with Crippen LogP contribution in [0.4, 0.5) is 0 Å². The van der Waals surface area contributed by atoms with E-state index in [0.29, 0.717) is 10.9 Å². The maximum atomic E-state index is 6.09. The Morgan fingerprint density at radius 3 is 2.57 bits per heavy atom.